The molecule has 1 aliphatic heterocycles. The number of para-hydroxylation sites is 1. The predicted molar refractivity (Wildman–Crippen MR) is 137 cm³/mol. The van der Waals surface area contributed by atoms with Crippen molar-refractivity contribution in [3.8, 4) is 17.3 Å². The van der Waals surface area contributed by atoms with Crippen LogP contribution in [0.4, 0.5) is 5.69 Å². The molecule has 0 aliphatic carbocycles. The van der Waals surface area contributed by atoms with Crippen LogP contribution in [0.2, 0.25) is 0 Å². The Labute approximate surface area is 219 Å². The van der Waals surface area contributed by atoms with Crippen molar-refractivity contribution in [2.45, 2.75) is 38.5 Å². The number of rotatable bonds is 9. The first-order chi connectivity index (χ1) is 18.5. The molecule has 1 aliphatic rings. The van der Waals surface area contributed by atoms with E-state index in [1.807, 2.05) is 13.0 Å². The molecule has 2 aromatic heterocycles. The first kappa shape index (κ1) is 25.2. The van der Waals surface area contributed by atoms with E-state index < -0.39 is 11.9 Å². The minimum Gasteiger partial charge on any atom is -0.508 e. The van der Waals surface area contributed by atoms with Crippen LogP contribution in [-0.2, 0) is 20.9 Å². The Morgan fingerprint density at radius 2 is 1.92 bits per heavy atom. The summed E-state index contributed by atoms with van der Waals surface area (Å²) in [6.45, 7) is 2.54. The van der Waals surface area contributed by atoms with Gasteiger partial charge in [0.25, 0.3) is 5.91 Å². The van der Waals surface area contributed by atoms with Gasteiger partial charge in [-0.1, -0.05) is 30.3 Å². The lowest BCUT2D eigenvalue weighted by atomic mass is 10.0. The molecule has 0 spiro atoms. The van der Waals surface area contributed by atoms with E-state index in [1.165, 1.54) is 21.8 Å². The minimum absolute atomic E-state index is 0.0531. The number of benzene rings is 2. The highest BCUT2D eigenvalue weighted by Gasteiger charge is 2.34. The van der Waals surface area contributed by atoms with Gasteiger partial charge in [0.2, 0.25) is 11.7 Å². The second-order valence-electron chi connectivity index (χ2n) is 9.03. The highest BCUT2D eigenvalue weighted by atomic mass is 16.5. The average Bonchev–Trinajstić information content (AvgIpc) is 3.70. The number of aryl methyl sites for hydroxylation is 1. The monoisotopic (exact) mass is 516 g/mol. The number of anilines is 1. The van der Waals surface area contributed by atoms with E-state index in [9.17, 15) is 14.7 Å². The number of phenolic OH excluding ortho intramolecular Hbond substituents is 1. The van der Waals surface area contributed by atoms with Gasteiger partial charge in [-0.25, -0.2) is 0 Å². The molecular formula is C27H28N6O5. The molecule has 11 nitrogen and oxygen atoms in total. The number of furan rings is 1. The number of nitrogens with zero attached hydrogens (tertiary/aromatic N) is 5. The van der Waals surface area contributed by atoms with E-state index in [4.69, 9.17) is 9.15 Å². The Kier molecular flexibility index (Phi) is 7.45. The second kappa shape index (κ2) is 11.3. The molecule has 2 unspecified atom stereocenters. The van der Waals surface area contributed by atoms with E-state index in [2.05, 4.69) is 20.7 Å². The third-order valence-corrected chi connectivity index (χ3v) is 6.24. The van der Waals surface area contributed by atoms with E-state index in [1.54, 1.807) is 48.5 Å². The lowest BCUT2D eigenvalue weighted by Crippen LogP contribution is -2.46. The molecule has 3 heterocycles. The van der Waals surface area contributed by atoms with Crippen molar-refractivity contribution in [1.29, 1.82) is 0 Å². The highest BCUT2D eigenvalue weighted by molar-refractivity contribution is 6.01. The van der Waals surface area contributed by atoms with Crippen LogP contribution in [0.25, 0.3) is 11.6 Å². The van der Waals surface area contributed by atoms with Crippen molar-refractivity contribution in [1.82, 2.24) is 25.5 Å². The second-order valence-corrected chi connectivity index (χ2v) is 9.03. The number of aromatic hydroxyl groups is 1. The summed E-state index contributed by atoms with van der Waals surface area (Å²) in [5, 5.41) is 25.1. The SMILES string of the molecule is Cc1ccc(-c2nnn(CC(=O)N(c3ccccc3)C(C(=O)NCC3CCCO3)c3ccc(O)cc3)n2)o1. The number of phenols is 1. The van der Waals surface area contributed by atoms with E-state index in [-0.39, 0.29) is 30.1 Å². The van der Waals surface area contributed by atoms with Gasteiger partial charge in [0.1, 0.15) is 24.1 Å². The molecule has 0 radical (unpaired) electrons. The van der Waals surface area contributed by atoms with Crippen LogP contribution >= 0.6 is 0 Å². The van der Waals surface area contributed by atoms with Crippen molar-refractivity contribution < 1.29 is 23.8 Å². The third-order valence-electron chi connectivity index (χ3n) is 6.24. The fourth-order valence-electron chi connectivity index (χ4n) is 4.38. The quantitative estimate of drug-likeness (QED) is 0.347. The maximum Gasteiger partial charge on any atom is 0.251 e. The van der Waals surface area contributed by atoms with Crippen molar-refractivity contribution in [3.05, 3.63) is 78.1 Å². The molecule has 2 aromatic carbocycles. The minimum atomic E-state index is -1.03. The number of ether oxygens (including phenoxy) is 1. The van der Waals surface area contributed by atoms with Crippen LogP contribution in [0.15, 0.2) is 71.1 Å². The molecule has 2 amide bonds. The fourth-order valence-corrected chi connectivity index (χ4v) is 4.38. The molecule has 196 valence electrons. The Morgan fingerprint density at radius 3 is 2.61 bits per heavy atom. The Balaban J connectivity index is 1.46. The topological polar surface area (TPSA) is 136 Å². The van der Waals surface area contributed by atoms with Gasteiger partial charge in [-0.3, -0.25) is 14.5 Å². The molecule has 1 saturated heterocycles. The third kappa shape index (κ3) is 5.73. The number of hydrogen-bond donors (Lipinski definition) is 2. The van der Waals surface area contributed by atoms with E-state index in [0.717, 1.165) is 12.8 Å². The molecule has 2 atom stereocenters. The lowest BCUT2D eigenvalue weighted by Gasteiger charge is -2.31. The van der Waals surface area contributed by atoms with Gasteiger partial charge in [-0.05, 0) is 66.9 Å². The van der Waals surface area contributed by atoms with Crippen LogP contribution in [-0.4, -0.2) is 56.4 Å². The lowest BCUT2D eigenvalue weighted by molar-refractivity contribution is -0.127. The smallest absolute Gasteiger partial charge is 0.251 e. The van der Waals surface area contributed by atoms with Crippen LogP contribution in [0.1, 0.15) is 30.2 Å². The zero-order valence-corrected chi connectivity index (χ0v) is 20.9. The summed E-state index contributed by atoms with van der Waals surface area (Å²) in [7, 11) is 0. The van der Waals surface area contributed by atoms with Crippen molar-refractivity contribution in [2.75, 3.05) is 18.1 Å². The zero-order valence-electron chi connectivity index (χ0n) is 20.9. The average molecular weight is 517 g/mol. The van der Waals surface area contributed by atoms with E-state index in [0.29, 0.717) is 35.9 Å². The number of carbonyl (C=O) groups is 2. The Hall–Kier alpha value is -4.51. The summed E-state index contributed by atoms with van der Waals surface area (Å²) in [5.74, 6) is 0.645. The van der Waals surface area contributed by atoms with Gasteiger partial charge in [0.05, 0.1) is 6.10 Å². The maximum atomic E-state index is 13.8. The number of aromatic nitrogens is 4. The molecule has 11 heteroatoms. The standard InChI is InChI=1S/C27H28N6O5/c1-18-9-14-23(38-18)26-29-31-32(30-26)17-24(35)33(20-6-3-2-4-7-20)25(19-10-12-21(34)13-11-19)27(36)28-16-22-8-5-15-37-22/h2-4,6-7,9-14,22,25,34H,5,8,15-17H2,1H3,(H,28,36). The highest BCUT2D eigenvalue weighted by Crippen LogP contribution is 2.29. The maximum absolute atomic E-state index is 13.8. The molecule has 2 N–H and O–H groups in total. The van der Waals surface area contributed by atoms with Crippen LogP contribution in [0.5, 0.6) is 5.75 Å². The molecule has 4 aromatic rings. The summed E-state index contributed by atoms with van der Waals surface area (Å²) in [6, 6.07) is 17.6. The van der Waals surface area contributed by atoms with Crippen LogP contribution < -0.4 is 10.2 Å². The van der Waals surface area contributed by atoms with Crippen LogP contribution in [0, 0.1) is 6.92 Å². The fraction of sp³-hybridized carbons (Fsp3) is 0.296. The predicted octanol–water partition coefficient (Wildman–Crippen LogP) is 3.02. The van der Waals surface area contributed by atoms with Crippen molar-refractivity contribution >= 4 is 17.5 Å². The van der Waals surface area contributed by atoms with Gasteiger partial charge in [-0.2, -0.15) is 4.80 Å². The number of hydrogen-bond acceptors (Lipinski definition) is 8. The van der Waals surface area contributed by atoms with Gasteiger partial charge >= 0.3 is 0 Å². The van der Waals surface area contributed by atoms with E-state index >= 15 is 0 Å². The van der Waals surface area contributed by atoms with Gasteiger partial charge in [-0.15, -0.1) is 10.2 Å². The molecular weight excluding hydrogens is 488 g/mol. The molecule has 0 bridgehead atoms. The summed E-state index contributed by atoms with van der Waals surface area (Å²) >= 11 is 0. The first-order valence-corrected chi connectivity index (χ1v) is 12.4. The molecule has 5 rings (SSSR count). The van der Waals surface area contributed by atoms with Crippen molar-refractivity contribution in [2.24, 2.45) is 0 Å². The van der Waals surface area contributed by atoms with Gasteiger partial charge < -0.3 is 19.6 Å². The molecule has 0 saturated carbocycles. The van der Waals surface area contributed by atoms with Crippen LogP contribution in [0.3, 0.4) is 0 Å². The summed E-state index contributed by atoms with van der Waals surface area (Å²) in [5.41, 5.74) is 1.05. The normalized spacial score (nSPS) is 15.8. The molecule has 1 fully saturated rings. The number of carbonyl (C=O) groups excluding carboxylic acids is 2. The molecule has 38 heavy (non-hydrogen) atoms. The summed E-state index contributed by atoms with van der Waals surface area (Å²) in [4.78, 5) is 30.1. The zero-order chi connectivity index (χ0) is 26.5. The Bertz CT molecular complexity index is 1380. The summed E-state index contributed by atoms with van der Waals surface area (Å²) < 4.78 is 11.2. The van der Waals surface area contributed by atoms with Crippen molar-refractivity contribution in [3.63, 3.8) is 0 Å². The first-order valence-electron chi connectivity index (χ1n) is 12.4. The summed E-state index contributed by atoms with van der Waals surface area (Å²) in [6.07, 6.45) is 1.74. The Morgan fingerprint density at radius 1 is 1.13 bits per heavy atom. The number of tetrazole rings is 1. The largest absolute Gasteiger partial charge is 0.508 e. The number of nitrogens with one attached hydrogen (secondary N) is 1. The van der Waals surface area contributed by atoms with Gasteiger partial charge in [0.15, 0.2) is 5.76 Å². The van der Waals surface area contributed by atoms with Gasteiger partial charge in [0, 0.05) is 18.8 Å². The number of amides is 2.